The smallest absolute Gasteiger partial charge is 0.0305 e. The number of allylic oxidation sites excluding steroid dienone is 1. The third-order valence-corrected chi connectivity index (χ3v) is 6.58. The van der Waals surface area contributed by atoms with Crippen molar-refractivity contribution in [2.75, 3.05) is 0 Å². The minimum atomic E-state index is 0.367. The standard InChI is InChI=1S/C30H28/c1-3-23-13-9-15-27-25(17-16-22-10-5-4-6-11-22)19-26(20-29(23)27)30-21(2)18-24-12-7-8-14-28(24)30/h4-15,18-20,30H,3,16-17H2,1-2H3. The molecular formula is C30H28. The van der Waals surface area contributed by atoms with E-state index >= 15 is 0 Å². The minimum absolute atomic E-state index is 0.367. The molecule has 0 aromatic heterocycles. The van der Waals surface area contributed by atoms with E-state index in [1.165, 1.54) is 49.7 Å². The Labute approximate surface area is 179 Å². The second-order valence-electron chi connectivity index (χ2n) is 8.48. The van der Waals surface area contributed by atoms with Gasteiger partial charge < -0.3 is 0 Å². The molecule has 0 saturated heterocycles. The lowest BCUT2D eigenvalue weighted by atomic mass is 9.84. The van der Waals surface area contributed by atoms with E-state index in [0.717, 1.165) is 19.3 Å². The minimum Gasteiger partial charge on any atom is -0.0622 e. The summed E-state index contributed by atoms with van der Waals surface area (Å²) < 4.78 is 0. The summed E-state index contributed by atoms with van der Waals surface area (Å²) in [5, 5.41) is 2.85. The highest BCUT2D eigenvalue weighted by Crippen LogP contribution is 2.42. The Morgan fingerprint density at radius 2 is 1.50 bits per heavy atom. The van der Waals surface area contributed by atoms with Crippen molar-refractivity contribution < 1.29 is 0 Å². The van der Waals surface area contributed by atoms with Gasteiger partial charge in [0.25, 0.3) is 0 Å². The van der Waals surface area contributed by atoms with Crippen LogP contribution in [0.3, 0.4) is 0 Å². The molecule has 0 aliphatic heterocycles. The van der Waals surface area contributed by atoms with Crippen LogP contribution in [-0.2, 0) is 19.3 Å². The number of benzene rings is 4. The van der Waals surface area contributed by atoms with Crippen LogP contribution in [0.2, 0.25) is 0 Å². The molecule has 4 aromatic rings. The van der Waals surface area contributed by atoms with E-state index in [1.54, 1.807) is 0 Å². The molecule has 0 fully saturated rings. The number of rotatable bonds is 5. The normalized spacial score (nSPS) is 15.3. The first kappa shape index (κ1) is 18.9. The van der Waals surface area contributed by atoms with Crippen LogP contribution in [-0.4, -0.2) is 0 Å². The molecule has 0 amide bonds. The van der Waals surface area contributed by atoms with E-state index in [9.17, 15) is 0 Å². The number of aryl methyl sites for hydroxylation is 3. The van der Waals surface area contributed by atoms with E-state index in [1.807, 2.05) is 0 Å². The van der Waals surface area contributed by atoms with Crippen LogP contribution in [0.1, 0.15) is 53.1 Å². The van der Waals surface area contributed by atoms with E-state index in [4.69, 9.17) is 0 Å². The van der Waals surface area contributed by atoms with Crippen LogP contribution in [0, 0.1) is 0 Å². The van der Waals surface area contributed by atoms with Crippen molar-refractivity contribution in [1.29, 1.82) is 0 Å². The Kier molecular flexibility index (Phi) is 5.01. The summed E-state index contributed by atoms with van der Waals surface area (Å²) in [6.07, 6.45) is 5.57. The highest BCUT2D eigenvalue weighted by molar-refractivity contribution is 5.90. The number of hydrogen-bond donors (Lipinski definition) is 0. The molecule has 0 heteroatoms. The maximum absolute atomic E-state index is 2.48. The average molecular weight is 389 g/mol. The molecule has 0 bridgehead atoms. The summed E-state index contributed by atoms with van der Waals surface area (Å²) in [6.45, 7) is 4.55. The zero-order chi connectivity index (χ0) is 20.5. The number of hydrogen-bond acceptors (Lipinski definition) is 0. The van der Waals surface area contributed by atoms with Gasteiger partial charge in [-0.2, -0.15) is 0 Å². The summed E-state index contributed by atoms with van der Waals surface area (Å²) in [6, 6.07) is 31.5. The first-order valence-corrected chi connectivity index (χ1v) is 11.1. The molecular weight excluding hydrogens is 360 g/mol. The number of fused-ring (bicyclic) bond motifs is 2. The van der Waals surface area contributed by atoms with E-state index in [-0.39, 0.29) is 0 Å². The van der Waals surface area contributed by atoms with Gasteiger partial charge in [0, 0.05) is 5.92 Å². The molecule has 148 valence electrons. The lowest BCUT2D eigenvalue weighted by molar-refractivity contribution is 0.942. The largest absolute Gasteiger partial charge is 0.0622 e. The fourth-order valence-electron chi connectivity index (χ4n) is 5.08. The van der Waals surface area contributed by atoms with Crippen LogP contribution in [0.15, 0.2) is 90.5 Å². The van der Waals surface area contributed by atoms with Crippen LogP contribution < -0.4 is 0 Å². The lowest BCUT2D eigenvalue weighted by Crippen LogP contribution is -2.03. The van der Waals surface area contributed by atoms with Gasteiger partial charge in [0.2, 0.25) is 0 Å². The molecule has 0 nitrogen and oxygen atoms in total. The summed E-state index contributed by atoms with van der Waals surface area (Å²) in [4.78, 5) is 0. The van der Waals surface area contributed by atoms with Crippen LogP contribution >= 0.6 is 0 Å². The summed E-state index contributed by atoms with van der Waals surface area (Å²) in [7, 11) is 0. The van der Waals surface area contributed by atoms with Crippen molar-refractivity contribution in [3.8, 4) is 0 Å². The fourth-order valence-corrected chi connectivity index (χ4v) is 5.08. The monoisotopic (exact) mass is 388 g/mol. The summed E-state index contributed by atoms with van der Waals surface area (Å²) >= 11 is 0. The topological polar surface area (TPSA) is 0 Å². The molecule has 0 saturated carbocycles. The Balaban J connectivity index is 1.63. The van der Waals surface area contributed by atoms with Crippen LogP contribution in [0.25, 0.3) is 16.8 Å². The molecule has 1 unspecified atom stereocenters. The highest BCUT2D eigenvalue weighted by Gasteiger charge is 2.24. The fraction of sp³-hybridized carbons (Fsp3) is 0.200. The maximum Gasteiger partial charge on any atom is 0.0305 e. The van der Waals surface area contributed by atoms with Crippen LogP contribution in [0.4, 0.5) is 0 Å². The quantitative estimate of drug-likeness (QED) is 0.328. The van der Waals surface area contributed by atoms with Gasteiger partial charge in [0.05, 0.1) is 0 Å². The van der Waals surface area contributed by atoms with Gasteiger partial charge in [0.1, 0.15) is 0 Å². The lowest BCUT2D eigenvalue weighted by Gasteiger charge is -2.19. The van der Waals surface area contributed by atoms with Crippen molar-refractivity contribution in [1.82, 2.24) is 0 Å². The second kappa shape index (κ2) is 7.95. The van der Waals surface area contributed by atoms with Crippen molar-refractivity contribution in [3.63, 3.8) is 0 Å². The van der Waals surface area contributed by atoms with E-state index in [0.29, 0.717) is 5.92 Å². The molecule has 0 radical (unpaired) electrons. The Hall–Kier alpha value is -3.12. The van der Waals surface area contributed by atoms with Crippen molar-refractivity contribution in [2.45, 2.75) is 39.0 Å². The van der Waals surface area contributed by atoms with Gasteiger partial charge in [-0.3, -0.25) is 0 Å². The molecule has 1 aliphatic carbocycles. The van der Waals surface area contributed by atoms with Gasteiger partial charge in [-0.15, -0.1) is 0 Å². The van der Waals surface area contributed by atoms with Crippen molar-refractivity contribution in [2.24, 2.45) is 0 Å². The molecule has 1 atom stereocenters. The Morgan fingerprint density at radius 1 is 0.700 bits per heavy atom. The molecule has 5 rings (SSSR count). The van der Waals surface area contributed by atoms with E-state index in [2.05, 4.69) is 105 Å². The van der Waals surface area contributed by atoms with E-state index < -0.39 is 0 Å². The van der Waals surface area contributed by atoms with Gasteiger partial charge >= 0.3 is 0 Å². The molecule has 30 heavy (non-hydrogen) atoms. The van der Waals surface area contributed by atoms with Gasteiger partial charge in [0.15, 0.2) is 0 Å². The molecule has 0 heterocycles. The summed E-state index contributed by atoms with van der Waals surface area (Å²) in [5.41, 5.74) is 10.0. The first-order valence-electron chi connectivity index (χ1n) is 11.1. The van der Waals surface area contributed by atoms with Gasteiger partial charge in [-0.25, -0.2) is 0 Å². The van der Waals surface area contributed by atoms with Gasteiger partial charge in [-0.05, 0) is 76.4 Å². The van der Waals surface area contributed by atoms with Gasteiger partial charge in [-0.1, -0.05) is 97.4 Å². The molecule has 0 spiro atoms. The third kappa shape index (κ3) is 3.37. The Morgan fingerprint density at radius 3 is 2.33 bits per heavy atom. The molecule has 4 aromatic carbocycles. The van der Waals surface area contributed by atoms with Crippen molar-refractivity contribution >= 4 is 16.8 Å². The second-order valence-corrected chi connectivity index (χ2v) is 8.48. The van der Waals surface area contributed by atoms with Crippen LogP contribution in [0.5, 0.6) is 0 Å². The molecule has 0 N–H and O–H groups in total. The molecule has 1 aliphatic rings. The third-order valence-electron chi connectivity index (χ3n) is 6.58. The Bertz CT molecular complexity index is 1230. The predicted molar refractivity (Wildman–Crippen MR) is 129 cm³/mol. The zero-order valence-corrected chi connectivity index (χ0v) is 17.9. The predicted octanol–water partition coefficient (Wildman–Crippen LogP) is 7.74. The average Bonchev–Trinajstić information content (AvgIpc) is 3.13. The SMILES string of the molecule is CCc1cccc2c(CCc3ccccc3)cc(C3C(C)=Cc4ccccc43)cc12. The highest BCUT2D eigenvalue weighted by atomic mass is 14.3. The maximum atomic E-state index is 2.48. The summed E-state index contributed by atoms with van der Waals surface area (Å²) in [5.74, 6) is 0.367. The van der Waals surface area contributed by atoms with Crippen molar-refractivity contribution in [3.05, 3.63) is 124 Å². The zero-order valence-electron chi connectivity index (χ0n) is 17.9. The first-order chi connectivity index (χ1) is 14.7.